The van der Waals surface area contributed by atoms with Crippen molar-refractivity contribution in [1.29, 1.82) is 0 Å². The van der Waals surface area contributed by atoms with Crippen LogP contribution in [0.15, 0.2) is 6.20 Å². The topological polar surface area (TPSA) is 140 Å². The summed E-state index contributed by atoms with van der Waals surface area (Å²) in [6.45, 7) is 9.95. The molecule has 1 saturated carbocycles. The number of alkyl carbamates (subject to hydrolysis) is 1. The number of unbranched alkanes of at least 4 members (excludes halogenated alkanes) is 1. The van der Waals surface area contributed by atoms with Crippen LogP contribution in [0.3, 0.4) is 0 Å². The third-order valence-electron chi connectivity index (χ3n) is 6.74. The van der Waals surface area contributed by atoms with Crippen LogP contribution in [0, 0.1) is 5.92 Å². The number of nitrogens with zero attached hydrogens (tertiary/aromatic N) is 4. The van der Waals surface area contributed by atoms with Crippen molar-refractivity contribution < 1.29 is 23.9 Å². The summed E-state index contributed by atoms with van der Waals surface area (Å²) >= 11 is 1.32. The van der Waals surface area contributed by atoms with Crippen LogP contribution >= 0.6 is 11.3 Å². The van der Waals surface area contributed by atoms with Gasteiger partial charge in [-0.15, -0.1) is 11.3 Å². The van der Waals surface area contributed by atoms with Crippen molar-refractivity contribution in [3.8, 4) is 0 Å². The monoisotopic (exact) mass is 575 g/mol. The first-order valence-corrected chi connectivity index (χ1v) is 14.8. The van der Waals surface area contributed by atoms with E-state index in [0.717, 1.165) is 62.4 Å². The van der Waals surface area contributed by atoms with Crippen LogP contribution in [0.25, 0.3) is 0 Å². The van der Waals surface area contributed by atoms with Crippen LogP contribution in [0.1, 0.15) is 87.6 Å². The van der Waals surface area contributed by atoms with Crippen LogP contribution in [0.4, 0.5) is 26.1 Å². The molecule has 0 bridgehead atoms. The minimum atomic E-state index is -0.664. The molecule has 0 spiro atoms. The molecule has 4 rings (SSSR count). The minimum absolute atomic E-state index is 0.170. The molecule has 1 aliphatic carbocycles. The van der Waals surface area contributed by atoms with Crippen molar-refractivity contribution in [3.63, 3.8) is 0 Å². The summed E-state index contributed by atoms with van der Waals surface area (Å²) in [5.74, 6) is 1.06. The maximum Gasteiger partial charge on any atom is 0.412 e. The highest BCUT2D eigenvalue weighted by molar-refractivity contribution is 7.16. The summed E-state index contributed by atoms with van der Waals surface area (Å²) in [5, 5.41) is 14.2. The summed E-state index contributed by atoms with van der Waals surface area (Å²) < 4.78 is 12.3. The highest BCUT2D eigenvalue weighted by Gasteiger charge is 2.32. The van der Waals surface area contributed by atoms with E-state index in [1.807, 2.05) is 7.05 Å². The lowest BCUT2D eigenvalue weighted by Gasteiger charge is -2.33. The van der Waals surface area contributed by atoms with Gasteiger partial charge in [0, 0.05) is 32.6 Å². The molecule has 12 nitrogen and oxygen atoms in total. The zero-order chi connectivity index (χ0) is 28.9. The third-order valence-corrected chi connectivity index (χ3v) is 7.87. The van der Waals surface area contributed by atoms with E-state index >= 15 is 0 Å². The molecule has 0 unspecified atom stereocenters. The molecule has 3 heterocycles. The van der Waals surface area contributed by atoms with Crippen molar-refractivity contribution in [2.24, 2.45) is 13.0 Å². The summed E-state index contributed by atoms with van der Waals surface area (Å²) in [6.07, 6.45) is 6.31. The second-order valence-electron chi connectivity index (χ2n) is 11.4. The number of carbonyl (C=O) groups is 3. The largest absolute Gasteiger partial charge is 0.450 e. The standard InChI is InChI=1S/C27H41N7O5S/c1-6-7-14-38-25(36)28-15-17-10-12-34(13-11-17)24-19(16-29-33(24)5)30-21(35)20-23(32-26(37)39-27(2,3)4)40-22(31-20)18-8-9-18/h16-18H,6-15H2,1-5H3,(H,28,36)(H,30,35)(H,32,37). The average Bonchev–Trinajstić information content (AvgIpc) is 3.56. The Kier molecular flexibility index (Phi) is 9.54. The van der Waals surface area contributed by atoms with Gasteiger partial charge in [-0.3, -0.25) is 14.8 Å². The van der Waals surface area contributed by atoms with Gasteiger partial charge < -0.3 is 25.0 Å². The number of aromatic nitrogens is 3. The van der Waals surface area contributed by atoms with E-state index < -0.39 is 17.6 Å². The summed E-state index contributed by atoms with van der Waals surface area (Å²) in [6, 6.07) is 0. The van der Waals surface area contributed by atoms with Crippen LogP contribution in [0.2, 0.25) is 0 Å². The highest BCUT2D eigenvalue weighted by Crippen LogP contribution is 2.44. The van der Waals surface area contributed by atoms with Gasteiger partial charge in [-0.05, 0) is 58.8 Å². The Morgan fingerprint density at radius 2 is 1.82 bits per heavy atom. The predicted octanol–water partition coefficient (Wildman–Crippen LogP) is 5.10. The fourth-order valence-corrected chi connectivity index (χ4v) is 5.61. The zero-order valence-corrected chi connectivity index (χ0v) is 24.9. The molecule has 2 fully saturated rings. The van der Waals surface area contributed by atoms with Crippen LogP contribution in [-0.2, 0) is 16.5 Å². The van der Waals surface area contributed by atoms with Gasteiger partial charge in [-0.2, -0.15) is 5.10 Å². The number of thiazole rings is 1. The highest BCUT2D eigenvalue weighted by atomic mass is 32.1. The first-order valence-electron chi connectivity index (χ1n) is 14.0. The van der Waals surface area contributed by atoms with E-state index in [1.165, 1.54) is 11.3 Å². The fourth-order valence-electron chi connectivity index (χ4n) is 4.49. The van der Waals surface area contributed by atoms with Gasteiger partial charge in [0.15, 0.2) is 11.5 Å². The molecule has 2 aromatic heterocycles. The molecule has 0 atom stereocenters. The maximum absolute atomic E-state index is 13.4. The lowest BCUT2D eigenvalue weighted by Crippen LogP contribution is -2.39. The van der Waals surface area contributed by atoms with Crippen molar-refractivity contribution in [2.45, 2.75) is 77.7 Å². The Morgan fingerprint density at radius 3 is 2.48 bits per heavy atom. The Morgan fingerprint density at radius 1 is 1.10 bits per heavy atom. The molecule has 1 saturated heterocycles. The van der Waals surface area contributed by atoms with Crippen LogP contribution in [-0.4, -0.2) is 64.7 Å². The van der Waals surface area contributed by atoms with Crippen LogP contribution in [0.5, 0.6) is 0 Å². The quantitative estimate of drug-likeness (QED) is 0.333. The molecule has 3 N–H and O–H groups in total. The van der Waals surface area contributed by atoms with Gasteiger partial charge in [0.1, 0.15) is 16.3 Å². The number of rotatable bonds is 10. The molecule has 40 heavy (non-hydrogen) atoms. The molecular formula is C27H41N7O5S. The number of anilines is 3. The minimum Gasteiger partial charge on any atom is -0.450 e. The number of ether oxygens (including phenoxy) is 2. The lowest BCUT2D eigenvalue weighted by atomic mass is 9.97. The molecule has 13 heteroatoms. The van der Waals surface area contributed by atoms with Gasteiger partial charge in [-0.1, -0.05) is 13.3 Å². The van der Waals surface area contributed by atoms with E-state index in [0.29, 0.717) is 35.7 Å². The van der Waals surface area contributed by atoms with Gasteiger partial charge in [0.25, 0.3) is 5.91 Å². The molecule has 0 aromatic carbocycles. The SMILES string of the molecule is CCCCOC(=O)NCC1CCN(c2c(NC(=O)c3nc(C4CC4)sc3NC(=O)OC(C)(C)C)cnn2C)CC1. The summed E-state index contributed by atoms with van der Waals surface area (Å²) in [4.78, 5) is 44.5. The van der Waals surface area contributed by atoms with Gasteiger partial charge >= 0.3 is 12.2 Å². The van der Waals surface area contributed by atoms with E-state index in [9.17, 15) is 14.4 Å². The Bertz CT molecular complexity index is 1190. The van der Waals surface area contributed by atoms with Crippen molar-refractivity contribution in [2.75, 3.05) is 41.8 Å². The molecule has 0 radical (unpaired) electrons. The van der Waals surface area contributed by atoms with Crippen LogP contribution < -0.4 is 20.9 Å². The Labute approximate surface area is 239 Å². The second kappa shape index (κ2) is 12.9. The van der Waals surface area contributed by atoms with Gasteiger partial charge in [0.05, 0.1) is 17.8 Å². The number of hydrogen-bond acceptors (Lipinski definition) is 9. The molecule has 1 aliphatic heterocycles. The number of nitrogens with one attached hydrogen (secondary N) is 3. The number of hydrogen-bond donors (Lipinski definition) is 3. The van der Waals surface area contributed by atoms with Crippen molar-refractivity contribution in [1.82, 2.24) is 20.1 Å². The predicted molar refractivity (Wildman–Crippen MR) is 154 cm³/mol. The molecule has 3 amide bonds. The summed E-state index contributed by atoms with van der Waals surface area (Å²) in [5.41, 5.74) is 0.0821. The van der Waals surface area contributed by atoms with Gasteiger partial charge in [0.2, 0.25) is 0 Å². The normalized spacial score (nSPS) is 16.0. The lowest BCUT2D eigenvalue weighted by molar-refractivity contribution is 0.0636. The van der Waals surface area contributed by atoms with Crippen molar-refractivity contribution in [3.05, 3.63) is 16.9 Å². The second-order valence-corrected chi connectivity index (χ2v) is 12.4. The molecule has 220 valence electrons. The van der Waals surface area contributed by atoms with E-state index in [2.05, 4.69) is 37.9 Å². The Balaban J connectivity index is 1.38. The number of carbonyl (C=O) groups excluding carboxylic acids is 3. The Hall–Kier alpha value is -3.35. The smallest absolute Gasteiger partial charge is 0.412 e. The first kappa shape index (κ1) is 29.6. The average molecular weight is 576 g/mol. The zero-order valence-electron chi connectivity index (χ0n) is 24.0. The van der Waals surface area contributed by atoms with E-state index in [4.69, 9.17) is 9.47 Å². The molecular weight excluding hydrogens is 534 g/mol. The summed E-state index contributed by atoms with van der Waals surface area (Å²) in [7, 11) is 1.84. The first-order chi connectivity index (χ1) is 19.0. The maximum atomic E-state index is 13.4. The number of amides is 3. The third kappa shape index (κ3) is 8.09. The van der Waals surface area contributed by atoms with Gasteiger partial charge in [-0.25, -0.2) is 14.6 Å². The number of aryl methyl sites for hydroxylation is 1. The van der Waals surface area contributed by atoms with E-state index in [1.54, 1.807) is 31.6 Å². The molecule has 2 aliphatic rings. The fraction of sp³-hybridized carbons (Fsp3) is 0.667. The number of piperidine rings is 1. The molecule has 2 aromatic rings. The van der Waals surface area contributed by atoms with Crippen molar-refractivity contribution >= 4 is 45.9 Å². The van der Waals surface area contributed by atoms with E-state index in [-0.39, 0.29) is 11.8 Å².